The number of carbonyl (C=O) groups is 1. The Morgan fingerprint density at radius 2 is 2.14 bits per heavy atom. The van der Waals surface area contributed by atoms with Crippen molar-refractivity contribution in [3.8, 4) is 6.07 Å². The molecule has 0 bridgehead atoms. The van der Waals surface area contributed by atoms with Gasteiger partial charge in [-0.15, -0.1) is 0 Å². The third kappa shape index (κ3) is 4.33. The molecule has 22 heavy (non-hydrogen) atoms. The molecular formula is C16H13ClN4O. The number of hydrogen-bond donors (Lipinski definition) is 2. The molecule has 2 N–H and O–H groups in total. The van der Waals surface area contributed by atoms with E-state index in [1.807, 2.05) is 18.2 Å². The molecule has 0 saturated carbocycles. The van der Waals surface area contributed by atoms with Crippen molar-refractivity contribution in [1.82, 2.24) is 10.3 Å². The average Bonchev–Trinajstić information content (AvgIpc) is 2.54. The van der Waals surface area contributed by atoms with Crippen molar-refractivity contribution in [2.75, 3.05) is 5.32 Å². The monoisotopic (exact) mass is 312 g/mol. The molecule has 0 radical (unpaired) electrons. The molecule has 2 rings (SSSR count). The molecule has 0 aliphatic carbocycles. The number of aromatic nitrogens is 1. The predicted molar refractivity (Wildman–Crippen MR) is 84.9 cm³/mol. The summed E-state index contributed by atoms with van der Waals surface area (Å²) in [6.07, 6.45) is 4.76. The maximum absolute atomic E-state index is 12.0. The summed E-state index contributed by atoms with van der Waals surface area (Å²) in [5.74, 6) is -0.519. The molecule has 2 aromatic rings. The first-order chi connectivity index (χ1) is 10.7. The zero-order valence-corrected chi connectivity index (χ0v) is 12.3. The number of para-hydroxylation sites is 1. The van der Waals surface area contributed by atoms with Crippen LogP contribution < -0.4 is 10.6 Å². The summed E-state index contributed by atoms with van der Waals surface area (Å²) in [6, 6.07) is 12.4. The van der Waals surface area contributed by atoms with E-state index in [9.17, 15) is 4.79 Å². The summed E-state index contributed by atoms with van der Waals surface area (Å²) in [4.78, 5) is 16.0. The fourth-order valence-electron chi connectivity index (χ4n) is 1.67. The van der Waals surface area contributed by atoms with Gasteiger partial charge in [0.2, 0.25) is 0 Å². The predicted octanol–water partition coefficient (Wildman–Crippen LogP) is 2.87. The van der Waals surface area contributed by atoms with Crippen LogP contribution in [-0.4, -0.2) is 10.9 Å². The summed E-state index contributed by atoms with van der Waals surface area (Å²) in [5, 5.41) is 15.0. The minimum absolute atomic E-state index is 0.0381. The second-order valence-corrected chi connectivity index (χ2v) is 4.75. The molecule has 5 nitrogen and oxygen atoms in total. The van der Waals surface area contributed by atoms with E-state index in [4.69, 9.17) is 16.9 Å². The fourth-order valence-corrected chi connectivity index (χ4v) is 1.86. The Morgan fingerprint density at radius 1 is 1.32 bits per heavy atom. The van der Waals surface area contributed by atoms with Gasteiger partial charge in [-0.2, -0.15) is 5.26 Å². The number of halogens is 1. The molecule has 0 atom stereocenters. The number of rotatable bonds is 5. The van der Waals surface area contributed by atoms with E-state index in [0.717, 1.165) is 5.56 Å². The second kappa shape index (κ2) is 7.81. The molecule has 0 fully saturated rings. The molecule has 110 valence electrons. The van der Waals surface area contributed by atoms with Gasteiger partial charge in [0.1, 0.15) is 11.6 Å². The van der Waals surface area contributed by atoms with E-state index < -0.39 is 5.91 Å². The van der Waals surface area contributed by atoms with Gasteiger partial charge in [-0.25, -0.2) is 0 Å². The van der Waals surface area contributed by atoms with Crippen molar-refractivity contribution in [3.05, 3.63) is 71.2 Å². The van der Waals surface area contributed by atoms with Crippen molar-refractivity contribution in [2.45, 2.75) is 6.54 Å². The van der Waals surface area contributed by atoms with Crippen LogP contribution in [0.3, 0.4) is 0 Å². The fraction of sp³-hybridized carbons (Fsp3) is 0.0625. The van der Waals surface area contributed by atoms with Gasteiger partial charge in [0.05, 0.1) is 10.7 Å². The highest BCUT2D eigenvalue weighted by atomic mass is 35.5. The number of anilines is 1. The van der Waals surface area contributed by atoms with Crippen LogP contribution in [0, 0.1) is 11.3 Å². The Morgan fingerprint density at radius 3 is 2.82 bits per heavy atom. The van der Waals surface area contributed by atoms with Crippen LogP contribution in [-0.2, 0) is 11.3 Å². The van der Waals surface area contributed by atoms with Gasteiger partial charge in [0, 0.05) is 25.1 Å². The Balaban J connectivity index is 1.99. The maximum atomic E-state index is 12.0. The van der Waals surface area contributed by atoms with Crippen LogP contribution in [0.4, 0.5) is 5.69 Å². The van der Waals surface area contributed by atoms with E-state index in [2.05, 4.69) is 15.6 Å². The van der Waals surface area contributed by atoms with Crippen LogP contribution >= 0.6 is 11.6 Å². The van der Waals surface area contributed by atoms with Gasteiger partial charge in [0.25, 0.3) is 5.91 Å². The van der Waals surface area contributed by atoms with Crippen LogP contribution in [0.15, 0.2) is 60.6 Å². The first kappa shape index (κ1) is 15.5. The smallest absolute Gasteiger partial charge is 0.267 e. The Hall–Kier alpha value is -2.84. The van der Waals surface area contributed by atoms with E-state index in [0.29, 0.717) is 17.3 Å². The van der Waals surface area contributed by atoms with E-state index in [-0.39, 0.29) is 5.57 Å². The van der Waals surface area contributed by atoms with E-state index in [1.54, 1.807) is 36.7 Å². The molecule has 1 aromatic carbocycles. The summed E-state index contributed by atoms with van der Waals surface area (Å²) in [7, 11) is 0. The molecule has 1 heterocycles. The van der Waals surface area contributed by atoms with Crippen molar-refractivity contribution in [1.29, 1.82) is 5.26 Å². The topological polar surface area (TPSA) is 77.8 Å². The standard InChI is InChI=1S/C16H13ClN4O/c17-14-5-1-2-6-15(14)21-16(22)13(8-18)11-20-10-12-4-3-7-19-9-12/h1-7,9,11,20H,10H2,(H,21,22)/b13-11-. The molecule has 0 saturated heterocycles. The Labute approximate surface area is 133 Å². The number of nitrogens with zero attached hydrogens (tertiary/aromatic N) is 2. The number of pyridine rings is 1. The number of benzene rings is 1. The Kier molecular flexibility index (Phi) is 5.52. The van der Waals surface area contributed by atoms with Gasteiger partial charge >= 0.3 is 0 Å². The molecule has 0 aliphatic heterocycles. The first-order valence-electron chi connectivity index (χ1n) is 6.49. The molecular weight excluding hydrogens is 300 g/mol. The summed E-state index contributed by atoms with van der Waals surface area (Å²) in [6.45, 7) is 0.471. The largest absolute Gasteiger partial charge is 0.386 e. The van der Waals surface area contributed by atoms with Gasteiger partial charge in [0.15, 0.2) is 0 Å². The first-order valence-corrected chi connectivity index (χ1v) is 6.87. The van der Waals surface area contributed by atoms with Crippen molar-refractivity contribution >= 4 is 23.2 Å². The van der Waals surface area contributed by atoms with Crippen LogP contribution in [0.5, 0.6) is 0 Å². The highest BCUT2D eigenvalue weighted by molar-refractivity contribution is 6.33. The SMILES string of the molecule is N#C/C(=C/NCc1cccnc1)C(=O)Nc1ccccc1Cl. The van der Waals surface area contributed by atoms with Crippen LogP contribution in [0.2, 0.25) is 5.02 Å². The number of nitriles is 1. The molecule has 1 aromatic heterocycles. The van der Waals surface area contributed by atoms with Crippen molar-refractivity contribution in [3.63, 3.8) is 0 Å². The number of nitrogens with one attached hydrogen (secondary N) is 2. The third-order valence-corrected chi connectivity index (χ3v) is 3.09. The highest BCUT2D eigenvalue weighted by Crippen LogP contribution is 2.20. The normalized spacial score (nSPS) is 10.6. The lowest BCUT2D eigenvalue weighted by Crippen LogP contribution is -2.16. The highest BCUT2D eigenvalue weighted by Gasteiger charge is 2.10. The second-order valence-electron chi connectivity index (χ2n) is 4.35. The summed E-state index contributed by atoms with van der Waals surface area (Å²) >= 11 is 5.96. The lowest BCUT2D eigenvalue weighted by molar-refractivity contribution is -0.112. The minimum Gasteiger partial charge on any atom is -0.386 e. The number of carbonyl (C=O) groups excluding carboxylic acids is 1. The molecule has 6 heteroatoms. The summed E-state index contributed by atoms with van der Waals surface area (Å²) in [5.41, 5.74) is 1.37. The van der Waals surface area contributed by atoms with E-state index in [1.165, 1.54) is 6.20 Å². The van der Waals surface area contributed by atoms with Gasteiger partial charge in [-0.3, -0.25) is 9.78 Å². The van der Waals surface area contributed by atoms with Gasteiger partial charge in [-0.05, 0) is 23.8 Å². The van der Waals surface area contributed by atoms with Gasteiger partial charge in [-0.1, -0.05) is 29.8 Å². The quantitative estimate of drug-likeness (QED) is 0.657. The van der Waals surface area contributed by atoms with Crippen LogP contribution in [0.25, 0.3) is 0 Å². The molecule has 1 amide bonds. The molecule has 0 unspecified atom stereocenters. The zero-order valence-electron chi connectivity index (χ0n) is 11.6. The van der Waals surface area contributed by atoms with Gasteiger partial charge < -0.3 is 10.6 Å². The van der Waals surface area contributed by atoms with E-state index >= 15 is 0 Å². The number of amides is 1. The zero-order chi connectivity index (χ0) is 15.8. The molecule has 0 spiro atoms. The van der Waals surface area contributed by atoms with Crippen molar-refractivity contribution < 1.29 is 4.79 Å². The molecule has 0 aliphatic rings. The summed E-state index contributed by atoms with van der Waals surface area (Å²) < 4.78 is 0. The minimum atomic E-state index is -0.519. The number of hydrogen-bond acceptors (Lipinski definition) is 4. The maximum Gasteiger partial charge on any atom is 0.267 e. The Bertz CT molecular complexity index is 722. The van der Waals surface area contributed by atoms with Crippen LogP contribution in [0.1, 0.15) is 5.56 Å². The lowest BCUT2D eigenvalue weighted by atomic mass is 10.2. The lowest BCUT2D eigenvalue weighted by Gasteiger charge is -2.06. The third-order valence-electron chi connectivity index (χ3n) is 2.76. The van der Waals surface area contributed by atoms with Crippen molar-refractivity contribution in [2.24, 2.45) is 0 Å². The average molecular weight is 313 g/mol.